The van der Waals surface area contributed by atoms with Crippen molar-refractivity contribution >= 4 is 85.5 Å². The van der Waals surface area contributed by atoms with Gasteiger partial charge in [-0.05, 0) is 198 Å². The zero-order valence-electron chi connectivity index (χ0n) is 71.4. The topological polar surface area (TPSA) is 411 Å². The average Bonchev–Trinajstić information content (AvgIpc) is 1.61. The maximum absolute atomic E-state index is 12.5. The summed E-state index contributed by atoms with van der Waals surface area (Å²) in [5.74, 6) is 3.86. The van der Waals surface area contributed by atoms with Crippen LogP contribution in [0.3, 0.4) is 0 Å². The Morgan fingerprint density at radius 3 is 0.992 bits per heavy atom. The molecule has 0 bridgehead atoms. The van der Waals surface area contributed by atoms with E-state index in [1.807, 2.05) is 179 Å². The fourth-order valence-corrected chi connectivity index (χ4v) is 15.5. The number of nitrogens with two attached hydrogens (primary N) is 3. The van der Waals surface area contributed by atoms with E-state index in [9.17, 15) is 34.1 Å². The highest BCUT2D eigenvalue weighted by Gasteiger charge is 2.34. The van der Waals surface area contributed by atoms with Gasteiger partial charge in [0.2, 0.25) is 23.5 Å². The summed E-state index contributed by atoms with van der Waals surface area (Å²) in [6.45, 7) is 30.6. The monoisotopic (exact) mass is 1680 g/mol. The lowest BCUT2D eigenvalue weighted by Crippen LogP contribution is -2.47. The number of hydrogen-bond acceptors (Lipinski definition) is 25. The number of carbonyl (C=O) groups is 5. The van der Waals surface area contributed by atoms with Crippen LogP contribution in [0.5, 0.6) is 34.5 Å². The number of nitrogen functional groups attached to an aromatic ring is 3. The standard InChI is InChI=1S/2C32H37N7O3.C28H32N8O4/c2*1-5-24(40)18-22-17-21(11-12-26(22)42-25-9-7-6-8-10-25)29-28-30(33)34-20-35-31(28)39(37-29)23-13-15-38(16-14-23)19-27(41)36-32(2,3)4;1-28(2,3)32-23(37)16-34-13-11-19(12-14-34)35-27-24(26(29)30-17-31-27)25(33-35)18-9-10-22(21(15-18)36(38)39)40-20-7-5-4-6-8-20/h2*5-12,17,20,23H,1,13-16,18-19H2,2-4H3,(H,36,41)(H2,33,34,35);4-10,15,17,19H,11-14,16H2,1-3H3,(H,32,37)(H2,29,30,31). The Bertz CT molecular complexity index is 5630. The molecule has 124 heavy (non-hydrogen) atoms. The number of para-hydroxylation sites is 3. The third-order valence-corrected chi connectivity index (χ3v) is 21.1. The molecule has 0 atom stereocenters. The van der Waals surface area contributed by atoms with Gasteiger partial charge in [-0.15, -0.1) is 0 Å². The van der Waals surface area contributed by atoms with Gasteiger partial charge in [-0.3, -0.25) is 48.8 Å². The molecule has 6 aromatic heterocycles. The van der Waals surface area contributed by atoms with Crippen LogP contribution in [-0.4, -0.2) is 184 Å². The van der Waals surface area contributed by atoms with Gasteiger partial charge >= 0.3 is 5.69 Å². The number of nitrogens with zero attached hydrogens (tertiary/aromatic N) is 16. The fraction of sp³-hybridized carbons (Fsp3) is 0.348. The maximum atomic E-state index is 12.5. The fourth-order valence-electron chi connectivity index (χ4n) is 15.5. The molecule has 3 amide bonds. The number of benzene rings is 6. The molecule has 0 aliphatic carbocycles. The van der Waals surface area contributed by atoms with Gasteiger partial charge < -0.3 is 47.4 Å². The molecular formula is C92H106N22O10. The Morgan fingerprint density at radius 2 is 0.710 bits per heavy atom. The van der Waals surface area contributed by atoms with Gasteiger partial charge in [0.15, 0.2) is 28.5 Å². The molecule has 9 heterocycles. The first-order chi connectivity index (χ1) is 59.3. The number of rotatable bonds is 25. The van der Waals surface area contributed by atoms with Gasteiger partial charge in [0.05, 0.1) is 58.8 Å². The number of allylic oxidation sites excluding steroid dienone is 2. The first-order valence-corrected chi connectivity index (χ1v) is 41.4. The van der Waals surface area contributed by atoms with Crippen molar-refractivity contribution in [2.45, 2.75) is 148 Å². The molecule has 3 aliphatic rings. The second-order valence-corrected chi connectivity index (χ2v) is 34.2. The zero-order valence-corrected chi connectivity index (χ0v) is 71.4. The highest BCUT2D eigenvalue weighted by Crippen LogP contribution is 2.43. The second-order valence-electron chi connectivity index (χ2n) is 34.2. The number of ether oxygens (including phenoxy) is 3. The summed E-state index contributed by atoms with van der Waals surface area (Å²) in [4.78, 5) is 106. The Kier molecular flexibility index (Phi) is 27.4. The summed E-state index contributed by atoms with van der Waals surface area (Å²) < 4.78 is 23.8. The highest BCUT2D eigenvalue weighted by molar-refractivity contribution is 6.01. The van der Waals surface area contributed by atoms with Crippen LogP contribution in [0.25, 0.3) is 66.9 Å². The first kappa shape index (κ1) is 88.1. The Hall–Kier alpha value is -13.7. The minimum Gasteiger partial charge on any atom is -0.457 e. The molecule has 0 spiro atoms. The predicted octanol–water partition coefficient (Wildman–Crippen LogP) is 13.8. The van der Waals surface area contributed by atoms with Gasteiger partial charge in [0.25, 0.3) is 0 Å². The van der Waals surface area contributed by atoms with Crippen LogP contribution in [-0.2, 0) is 36.8 Å². The van der Waals surface area contributed by atoms with Crippen LogP contribution in [0.4, 0.5) is 23.1 Å². The number of ketones is 2. The first-order valence-electron chi connectivity index (χ1n) is 41.4. The van der Waals surface area contributed by atoms with Crippen molar-refractivity contribution in [2.24, 2.45) is 0 Å². The van der Waals surface area contributed by atoms with Crippen molar-refractivity contribution < 1.29 is 43.1 Å². The number of nitrogens with one attached hydrogen (secondary N) is 3. The number of anilines is 3. The van der Waals surface area contributed by atoms with E-state index in [4.69, 9.17) is 46.7 Å². The summed E-state index contributed by atoms with van der Waals surface area (Å²) in [5.41, 5.74) is 25.2. The normalized spacial score (nSPS) is 14.6. The molecule has 3 fully saturated rings. The lowest BCUT2D eigenvalue weighted by atomic mass is 10.0. The van der Waals surface area contributed by atoms with Crippen LogP contribution in [0.2, 0.25) is 0 Å². The Morgan fingerprint density at radius 1 is 0.427 bits per heavy atom. The molecule has 0 saturated carbocycles. The van der Waals surface area contributed by atoms with Gasteiger partial charge in [0.1, 0.15) is 82.3 Å². The van der Waals surface area contributed by atoms with E-state index in [-0.39, 0.29) is 94.1 Å². The Labute approximate surface area is 718 Å². The van der Waals surface area contributed by atoms with Crippen molar-refractivity contribution in [3.05, 3.63) is 211 Å². The average molecular weight is 1680 g/mol. The van der Waals surface area contributed by atoms with Crippen LogP contribution >= 0.6 is 0 Å². The number of piperidine rings is 3. The molecule has 0 unspecified atom stereocenters. The lowest BCUT2D eigenvalue weighted by Gasteiger charge is -2.32. The largest absolute Gasteiger partial charge is 0.457 e. The SMILES string of the molecule is C=CC(=O)Cc1cc(-c2nn(C3CCN(CC(=O)NC(C)(C)C)CC3)c3ncnc(N)c23)ccc1Oc1ccccc1.C=CC(=O)Cc1cc(-c2nn(C3CCN(CC(=O)NC(C)(C)C)CC3)c3ncnc(N)c23)ccc1Oc1ccccc1.CC(C)(C)NC(=O)CN1CCC(n2nc(-c3ccc(Oc4ccccc4)c([N+](=O)[O-])c3)c3c(N)ncnc32)CC1. The second kappa shape index (κ2) is 38.6. The number of fused-ring (bicyclic) bond motifs is 3. The van der Waals surface area contributed by atoms with Crippen molar-refractivity contribution in [1.82, 2.24) is 89.9 Å². The van der Waals surface area contributed by atoms with Gasteiger partial charge in [-0.1, -0.05) is 67.8 Å². The van der Waals surface area contributed by atoms with E-state index < -0.39 is 4.92 Å². The van der Waals surface area contributed by atoms with E-state index >= 15 is 0 Å². The van der Waals surface area contributed by atoms with Crippen molar-refractivity contribution in [2.75, 3.05) is 76.1 Å². The quantitative estimate of drug-likeness (QED) is 0.0176. The third-order valence-electron chi connectivity index (χ3n) is 21.1. The van der Waals surface area contributed by atoms with E-state index in [2.05, 4.69) is 73.7 Å². The highest BCUT2D eigenvalue weighted by atomic mass is 16.6. The molecule has 644 valence electrons. The molecule has 12 aromatic rings. The molecule has 3 saturated heterocycles. The predicted molar refractivity (Wildman–Crippen MR) is 477 cm³/mol. The minimum absolute atomic E-state index is 0.000394. The minimum atomic E-state index is -0.480. The number of nitro groups is 1. The Balaban J connectivity index is 0.000000160. The summed E-state index contributed by atoms with van der Waals surface area (Å²) in [7, 11) is 0. The van der Waals surface area contributed by atoms with Crippen LogP contribution in [0, 0.1) is 10.1 Å². The van der Waals surface area contributed by atoms with Crippen molar-refractivity contribution in [3.63, 3.8) is 0 Å². The molecule has 9 N–H and O–H groups in total. The molecule has 0 radical (unpaired) electrons. The molecule has 6 aromatic carbocycles. The van der Waals surface area contributed by atoms with Crippen LogP contribution in [0.1, 0.15) is 130 Å². The van der Waals surface area contributed by atoms with Gasteiger partial charge in [0, 0.05) is 103 Å². The van der Waals surface area contributed by atoms with Crippen molar-refractivity contribution in [1.29, 1.82) is 0 Å². The number of likely N-dealkylation sites (tertiary alicyclic amines) is 3. The molecular weight excluding hydrogens is 1570 g/mol. The smallest absolute Gasteiger partial charge is 0.312 e. The van der Waals surface area contributed by atoms with E-state index in [1.54, 1.807) is 36.4 Å². The summed E-state index contributed by atoms with van der Waals surface area (Å²) in [5, 5.41) is 37.8. The van der Waals surface area contributed by atoms with E-state index in [0.29, 0.717) is 127 Å². The molecule has 32 heteroatoms. The van der Waals surface area contributed by atoms with Crippen molar-refractivity contribution in [3.8, 4) is 68.3 Å². The molecule has 15 rings (SSSR count). The third kappa shape index (κ3) is 22.3. The molecule has 32 nitrogen and oxygen atoms in total. The van der Waals surface area contributed by atoms with E-state index in [0.717, 1.165) is 88.9 Å². The lowest BCUT2D eigenvalue weighted by molar-refractivity contribution is -0.385. The zero-order chi connectivity index (χ0) is 88.2. The number of amides is 3. The summed E-state index contributed by atoms with van der Waals surface area (Å²) in [6.07, 6.45) is 12.0. The van der Waals surface area contributed by atoms with Crippen LogP contribution < -0.4 is 47.4 Å². The number of carbonyl (C=O) groups excluding carboxylic acids is 5. The molecule has 3 aliphatic heterocycles. The summed E-state index contributed by atoms with van der Waals surface area (Å²) >= 11 is 0. The summed E-state index contributed by atoms with van der Waals surface area (Å²) in [6, 6.07) is 44.0. The maximum Gasteiger partial charge on any atom is 0.312 e. The van der Waals surface area contributed by atoms with Gasteiger partial charge in [-0.2, -0.15) is 15.3 Å². The van der Waals surface area contributed by atoms with Crippen LogP contribution in [0.15, 0.2) is 190 Å². The van der Waals surface area contributed by atoms with Gasteiger partial charge in [-0.25, -0.2) is 43.9 Å². The number of aromatic nitrogens is 12. The number of hydrogen-bond donors (Lipinski definition) is 6. The van der Waals surface area contributed by atoms with E-state index in [1.165, 1.54) is 37.2 Å². The number of nitro benzene ring substituents is 1.